The van der Waals surface area contributed by atoms with Gasteiger partial charge in [0.1, 0.15) is 0 Å². The van der Waals surface area contributed by atoms with E-state index in [1.807, 2.05) is 0 Å². The Labute approximate surface area is 121 Å². The maximum atomic E-state index is 6.61. The van der Waals surface area contributed by atoms with Gasteiger partial charge in [-0.1, -0.05) is 60.7 Å². The summed E-state index contributed by atoms with van der Waals surface area (Å²) in [5.41, 5.74) is 9.16. The highest BCUT2D eigenvalue weighted by molar-refractivity contribution is 5.43. The average molecular weight is 266 g/mol. The lowest BCUT2D eigenvalue weighted by Crippen LogP contribution is -2.57. The number of likely N-dealkylation sites (N-methyl/N-ethyl adjacent to an activating group) is 1. The summed E-state index contributed by atoms with van der Waals surface area (Å²) < 4.78 is 0. The molecule has 2 aromatic rings. The Morgan fingerprint density at radius 1 is 0.950 bits per heavy atom. The van der Waals surface area contributed by atoms with E-state index in [1.165, 1.54) is 11.1 Å². The van der Waals surface area contributed by atoms with Crippen molar-refractivity contribution in [2.45, 2.75) is 17.9 Å². The van der Waals surface area contributed by atoms with Crippen LogP contribution in [0.4, 0.5) is 0 Å². The third-order valence-corrected chi connectivity index (χ3v) is 4.55. The van der Waals surface area contributed by atoms with Gasteiger partial charge in [-0.2, -0.15) is 0 Å². The Hall–Kier alpha value is -1.64. The molecule has 0 radical (unpaired) electrons. The Kier molecular flexibility index (Phi) is 3.60. The molecule has 2 nitrogen and oxygen atoms in total. The summed E-state index contributed by atoms with van der Waals surface area (Å²) in [4.78, 5) is 2.39. The van der Waals surface area contributed by atoms with Crippen LogP contribution in [-0.2, 0) is 5.41 Å². The third-order valence-electron chi connectivity index (χ3n) is 4.55. The van der Waals surface area contributed by atoms with Gasteiger partial charge in [-0.15, -0.1) is 0 Å². The van der Waals surface area contributed by atoms with Crippen molar-refractivity contribution in [1.82, 2.24) is 4.90 Å². The first-order valence-electron chi connectivity index (χ1n) is 7.28. The molecule has 1 unspecified atom stereocenters. The normalized spacial score (nSPS) is 22.6. The molecule has 0 bridgehead atoms. The summed E-state index contributed by atoms with van der Waals surface area (Å²) in [7, 11) is 2.19. The molecule has 2 aromatic carbocycles. The van der Waals surface area contributed by atoms with Gasteiger partial charge in [-0.05, 0) is 31.1 Å². The summed E-state index contributed by atoms with van der Waals surface area (Å²) in [6.45, 7) is 2.05. The first kappa shape index (κ1) is 13.3. The Balaban J connectivity index is 2.17. The molecule has 1 heterocycles. The van der Waals surface area contributed by atoms with Crippen LogP contribution in [0.1, 0.15) is 17.5 Å². The fourth-order valence-corrected chi connectivity index (χ4v) is 3.48. The highest BCUT2D eigenvalue weighted by Crippen LogP contribution is 2.39. The molecule has 1 aliphatic rings. The van der Waals surface area contributed by atoms with Crippen molar-refractivity contribution >= 4 is 0 Å². The molecule has 1 atom stereocenters. The van der Waals surface area contributed by atoms with Crippen LogP contribution in [-0.4, -0.2) is 31.1 Å². The Bertz CT molecular complexity index is 511. The van der Waals surface area contributed by atoms with Gasteiger partial charge in [-0.25, -0.2) is 0 Å². The molecule has 2 N–H and O–H groups in total. The van der Waals surface area contributed by atoms with E-state index in [0.717, 1.165) is 19.5 Å². The fraction of sp³-hybridized carbons (Fsp3) is 0.333. The van der Waals surface area contributed by atoms with Gasteiger partial charge in [0.25, 0.3) is 0 Å². The molecule has 0 aromatic heterocycles. The molecule has 0 amide bonds. The molecule has 0 spiro atoms. The minimum Gasteiger partial charge on any atom is -0.326 e. The van der Waals surface area contributed by atoms with E-state index in [2.05, 4.69) is 72.6 Å². The molecular formula is C18H22N2. The van der Waals surface area contributed by atoms with E-state index in [9.17, 15) is 0 Å². The van der Waals surface area contributed by atoms with Gasteiger partial charge in [0, 0.05) is 18.0 Å². The predicted molar refractivity (Wildman–Crippen MR) is 83.8 cm³/mol. The molecule has 0 aliphatic carbocycles. The van der Waals surface area contributed by atoms with Crippen molar-refractivity contribution in [3.8, 4) is 0 Å². The molecular weight excluding hydrogens is 244 g/mol. The van der Waals surface area contributed by atoms with Crippen LogP contribution in [0.3, 0.4) is 0 Å². The lowest BCUT2D eigenvalue weighted by atomic mass is 9.66. The van der Waals surface area contributed by atoms with E-state index in [1.54, 1.807) is 0 Å². The van der Waals surface area contributed by atoms with Crippen molar-refractivity contribution < 1.29 is 0 Å². The van der Waals surface area contributed by atoms with Crippen LogP contribution in [0.15, 0.2) is 60.7 Å². The lowest BCUT2D eigenvalue weighted by Gasteiger charge is -2.47. The fourth-order valence-electron chi connectivity index (χ4n) is 3.48. The second-order valence-electron chi connectivity index (χ2n) is 5.84. The first-order valence-corrected chi connectivity index (χ1v) is 7.28. The summed E-state index contributed by atoms with van der Waals surface area (Å²) in [6, 6.07) is 21.6. The maximum Gasteiger partial charge on any atom is 0.0480 e. The molecule has 1 fully saturated rings. The van der Waals surface area contributed by atoms with Crippen molar-refractivity contribution in [2.75, 3.05) is 20.1 Å². The highest BCUT2D eigenvalue weighted by Gasteiger charge is 2.43. The number of nitrogens with two attached hydrogens (primary N) is 1. The summed E-state index contributed by atoms with van der Waals surface area (Å²) >= 11 is 0. The monoisotopic (exact) mass is 266 g/mol. The van der Waals surface area contributed by atoms with Gasteiger partial charge in [0.05, 0.1) is 0 Å². The standard InChI is InChI=1S/C18H22N2/c1-20-13-12-17(19)18(14-20,15-8-4-2-5-9-15)16-10-6-3-7-11-16/h2-11,17H,12-14,19H2,1H3. The van der Waals surface area contributed by atoms with Crippen molar-refractivity contribution in [2.24, 2.45) is 5.73 Å². The largest absolute Gasteiger partial charge is 0.326 e. The molecule has 104 valence electrons. The lowest BCUT2D eigenvalue weighted by molar-refractivity contribution is 0.178. The Morgan fingerprint density at radius 2 is 1.45 bits per heavy atom. The van der Waals surface area contributed by atoms with E-state index >= 15 is 0 Å². The van der Waals surface area contributed by atoms with E-state index < -0.39 is 0 Å². The first-order chi connectivity index (χ1) is 9.73. The smallest absolute Gasteiger partial charge is 0.0480 e. The number of piperidine rings is 1. The van der Waals surface area contributed by atoms with Crippen LogP contribution in [0.2, 0.25) is 0 Å². The Morgan fingerprint density at radius 3 is 1.95 bits per heavy atom. The summed E-state index contributed by atoms with van der Waals surface area (Å²) in [5, 5.41) is 0. The number of rotatable bonds is 2. The maximum absolute atomic E-state index is 6.61. The van der Waals surface area contributed by atoms with Crippen LogP contribution in [0.25, 0.3) is 0 Å². The molecule has 1 aliphatic heterocycles. The zero-order valence-electron chi connectivity index (χ0n) is 12.0. The second-order valence-corrected chi connectivity index (χ2v) is 5.84. The van der Waals surface area contributed by atoms with Crippen molar-refractivity contribution in [3.05, 3.63) is 71.8 Å². The van der Waals surface area contributed by atoms with E-state index in [0.29, 0.717) is 0 Å². The predicted octanol–water partition coefficient (Wildman–Crippen LogP) is 2.64. The van der Waals surface area contributed by atoms with Crippen molar-refractivity contribution in [1.29, 1.82) is 0 Å². The quantitative estimate of drug-likeness (QED) is 0.905. The summed E-state index contributed by atoms with van der Waals surface area (Å²) in [6.07, 6.45) is 1.03. The van der Waals surface area contributed by atoms with E-state index in [-0.39, 0.29) is 11.5 Å². The van der Waals surface area contributed by atoms with Gasteiger partial charge in [-0.3, -0.25) is 0 Å². The number of benzene rings is 2. The highest BCUT2D eigenvalue weighted by atomic mass is 15.1. The van der Waals surface area contributed by atoms with Crippen LogP contribution >= 0.6 is 0 Å². The van der Waals surface area contributed by atoms with Gasteiger partial charge in [0.15, 0.2) is 0 Å². The minimum absolute atomic E-state index is 0.102. The van der Waals surface area contributed by atoms with Crippen molar-refractivity contribution in [3.63, 3.8) is 0 Å². The molecule has 20 heavy (non-hydrogen) atoms. The molecule has 3 rings (SSSR count). The van der Waals surface area contributed by atoms with Crippen LogP contribution < -0.4 is 5.73 Å². The zero-order chi connectivity index (χ0) is 14.0. The number of nitrogens with zero attached hydrogens (tertiary/aromatic N) is 1. The number of likely N-dealkylation sites (tertiary alicyclic amines) is 1. The molecule has 1 saturated heterocycles. The van der Waals surface area contributed by atoms with Gasteiger partial charge in [0.2, 0.25) is 0 Å². The van der Waals surface area contributed by atoms with Crippen LogP contribution in [0.5, 0.6) is 0 Å². The second kappa shape index (κ2) is 5.39. The SMILES string of the molecule is CN1CCC(N)C(c2ccccc2)(c2ccccc2)C1. The van der Waals surface area contributed by atoms with Crippen LogP contribution in [0, 0.1) is 0 Å². The topological polar surface area (TPSA) is 29.3 Å². The molecule has 0 saturated carbocycles. The summed E-state index contributed by atoms with van der Waals surface area (Å²) in [5.74, 6) is 0. The average Bonchev–Trinajstić information content (AvgIpc) is 2.51. The zero-order valence-corrected chi connectivity index (χ0v) is 12.0. The van der Waals surface area contributed by atoms with Gasteiger partial charge >= 0.3 is 0 Å². The van der Waals surface area contributed by atoms with Gasteiger partial charge < -0.3 is 10.6 Å². The minimum atomic E-state index is -0.102. The molecule has 2 heteroatoms. The third kappa shape index (κ3) is 2.15. The van der Waals surface area contributed by atoms with E-state index in [4.69, 9.17) is 5.73 Å². The number of hydrogen-bond acceptors (Lipinski definition) is 2. The number of hydrogen-bond donors (Lipinski definition) is 1.